The highest BCUT2D eigenvalue weighted by Crippen LogP contribution is 2.15. The second-order valence-electron chi connectivity index (χ2n) is 2.75. The molecular weight excluding hydrogens is 182 g/mol. The van der Waals surface area contributed by atoms with E-state index in [2.05, 4.69) is 4.98 Å². The molecule has 0 fully saturated rings. The van der Waals surface area contributed by atoms with Crippen LogP contribution >= 0.6 is 12.2 Å². The summed E-state index contributed by atoms with van der Waals surface area (Å²) < 4.78 is 1.93. The lowest BCUT2D eigenvalue weighted by Gasteiger charge is -1.93. The first-order valence-electron chi connectivity index (χ1n) is 3.89. The van der Waals surface area contributed by atoms with E-state index in [4.69, 9.17) is 18.1 Å². The lowest BCUT2D eigenvalue weighted by Crippen LogP contribution is -2.05. The van der Waals surface area contributed by atoms with Gasteiger partial charge < -0.3 is 10.8 Å². The zero-order valence-corrected chi connectivity index (χ0v) is 7.71. The third-order valence-corrected chi connectivity index (χ3v) is 2.14. The molecule has 0 saturated heterocycles. The fraction of sp³-hybridized carbons (Fsp3) is 0. The topological polar surface area (TPSA) is 46.7 Å². The number of hydrogen-bond donors (Lipinski definition) is 2. The number of nitrogen functional groups attached to an aromatic ring is 1. The molecule has 0 aliphatic carbocycles. The number of benzene rings is 1. The zero-order valence-electron chi connectivity index (χ0n) is 6.90. The molecule has 0 aliphatic rings. The molecule has 13 heavy (non-hydrogen) atoms. The number of aromatic amines is 1. The van der Waals surface area contributed by atoms with E-state index in [1.54, 1.807) is 6.20 Å². The summed E-state index contributed by atoms with van der Waals surface area (Å²) >= 11 is 4.96. The first kappa shape index (κ1) is 8.07. The van der Waals surface area contributed by atoms with E-state index >= 15 is 0 Å². The Labute approximate surface area is 80.8 Å². The van der Waals surface area contributed by atoms with Crippen LogP contribution < -0.4 is 5.84 Å². The first-order chi connectivity index (χ1) is 6.27. The van der Waals surface area contributed by atoms with Crippen LogP contribution in [-0.4, -0.2) is 9.66 Å². The summed E-state index contributed by atoms with van der Waals surface area (Å²) in [4.78, 5) is 3.01. The smallest absolute Gasteiger partial charge is 0.196 e. The van der Waals surface area contributed by atoms with Crippen LogP contribution in [0.15, 0.2) is 36.5 Å². The van der Waals surface area contributed by atoms with Gasteiger partial charge in [-0.25, -0.2) is 4.68 Å². The van der Waals surface area contributed by atoms with Gasteiger partial charge in [0.1, 0.15) is 0 Å². The van der Waals surface area contributed by atoms with E-state index in [9.17, 15) is 0 Å². The van der Waals surface area contributed by atoms with E-state index in [0.717, 1.165) is 11.3 Å². The number of nitrogens with one attached hydrogen (secondary N) is 1. The van der Waals surface area contributed by atoms with Gasteiger partial charge in [0.05, 0.1) is 11.9 Å². The van der Waals surface area contributed by atoms with Gasteiger partial charge in [0, 0.05) is 0 Å². The average Bonchev–Trinajstić information content (AvgIpc) is 2.49. The second-order valence-corrected chi connectivity index (χ2v) is 3.13. The van der Waals surface area contributed by atoms with Crippen molar-refractivity contribution in [3.8, 4) is 11.3 Å². The molecule has 2 rings (SSSR count). The highest BCUT2D eigenvalue weighted by molar-refractivity contribution is 7.71. The van der Waals surface area contributed by atoms with Crippen molar-refractivity contribution < 1.29 is 0 Å². The van der Waals surface area contributed by atoms with E-state index in [0.29, 0.717) is 4.77 Å². The molecule has 0 amide bonds. The number of rotatable bonds is 1. The Morgan fingerprint density at radius 1 is 1.23 bits per heavy atom. The molecule has 0 radical (unpaired) electrons. The first-order valence-corrected chi connectivity index (χ1v) is 4.30. The maximum Gasteiger partial charge on any atom is 0.196 e. The molecule has 0 bridgehead atoms. The third-order valence-electron chi connectivity index (χ3n) is 1.83. The van der Waals surface area contributed by atoms with Crippen LogP contribution in [0.4, 0.5) is 0 Å². The molecule has 3 nitrogen and oxygen atoms in total. The van der Waals surface area contributed by atoms with Crippen LogP contribution in [0.2, 0.25) is 0 Å². The summed E-state index contributed by atoms with van der Waals surface area (Å²) in [5.74, 6) is 5.56. The van der Waals surface area contributed by atoms with Crippen LogP contribution in [0.25, 0.3) is 11.3 Å². The highest BCUT2D eigenvalue weighted by Gasteiger charge is 1.99. The molecule has 4 heteroatoms. The molecule has 0 unspecified atom stereocenters. The van der Waals surface area contributed by atoms with Gasteiger partial charge in [0.2, 0.25) is 0 Å². The molecule has 66 valence electrons. The standard InChI is InChI=1S/C9H9N3S/c10-12-6-8(11-9(12)13)7-4-2-1-3-5-7/h1-6H,10H2,(H,11,13). The van der Waals surface area contributed by atoms with Gasteiger partial charge in [0.25, 0.3) is 0 Å². The fourth-order valence-electron chi connectivity index (χ4n) is 1.17. The Balaban J connectivity index is 2.54. The minimum Gasteiger partial charge on any atom is -0.337 e. The lowest BCUT2D eigenvalue weighted by molar-refractivity contribution is 0.977. The van der Waals surface area contributed by atoms with Gasteiger partial charge >= 0.3 is 0 Å². The van der Waals surface area contributed by atoms with E-state index in [1.165, 1.54) is 4.68 Å². The van der Waals surface area contributed by atoms with Crippen molar-refractivity contribution in [3.63, 3.8) is 0 Å². The summed E-state index contributed by atoms with van der Waals surface area (Å²) in [5.41, 5.74) is 2.02. The predicted molar refractivity (Wildman–Crippen MR) is 55.2 cm³/mol. The Kier molecular flexibility index (Phi) is 1.90. The van der Waals surface area contributed by atoms with Gasteiger partial charge in [0.15, 0.2) is 4.77 Å². The molecule has 3 N–H and O–H groups in total. The maximum atomic E-state index is 5.56. The predicted octanol–water partition coefficient (Wildman–Crippen LogP) is 1.93. The molecule has 1 aromatic heterocycles. The summed E-state index contributed by atoms with van der Waals surface area (Å²) in [6.07, 6.45) is 1.78. The van der Waals surface area contributed by atoms with E-state index < -0.39 is 0 Å². The van der Waals surface area contributed by atoms with Crippen LogP contribution in [0.1, 0.15) is 0 Å². The van der Waals surface area contributed by atoms with Gasteiger partial charge in [-0.15, -0.1) is 0 Å². The van der Waals surface area contributed by atoms with Crippen LogP contribution in [0.5, 0.6) is 0 Å². The number of nitrogens with zero attached hydrogens (tertiary/aromatic N) is 1. The number of imidazole rings is 1. The second kappa shape index (κ2) is 3.06. The van der Waals surface area contributed by atoms with E-state index in [1.807, 2.05) is 30.3 Å². The normalized spacial score (nSPS) is 10.2. The number of aromatic nitrogens is 2. The molecule has 0 saturated carbocycles. The van der Waals surface area contributed by atoms with Crippen molar-refractivity contribution in [1.82, 2.24) is 9.66 Å². The molecule has 0 aliphatic heterocycles. The Morgan fingerprint density at radius 2 is 1.92 bits per heavy atom. The lowest BCUT2D eigenvalue weighted by atomic mass is 10.2. The van der Waals surface area contributed by atoms with Crippen molar-refractivity contribution in [2.45, 2.75) is 0 Å². The van der Waals surface area contributed by atoms with E-state index in [-0.39, 0.29) is 0 Å². The van der Waals surface area contributed by atoms with Crippen molar-refractivity contribution in [2.24, 2.45) is 0 Å². The number of hydrogen-bond acceptors (Lipinski definition) is 2. The Hall–Kier alpha value is -1.55. The van der Waals surface area contributed by atoms with Crippen molar-refractivity contribution in [3.05, 3.63) is 41.3 Å². The van der Waals surface area contributed by atoms with Gasteiger partial charge in [-0.3, -0.25) is 0 Å². The van der Waals surface area contributed by atoms with Crippen molar-refractivity contribution in [2.75, 3.05) is 5.84 Å². The largest absolute Gasteiger partial charge is 0.337 e. The van der Waals surface area contributed by atoms with Gasteiger partial charge in [-0.1, -0.05) is 30.3 Å². The molecular formula is C9H9N3S. The fourth-order valence-corrected chi connectivity index (χ4v) is 1.34. The third kappa shape index (κ3) is 1.48. The van der Waals surface area contributed by atoms with Crippen LogP contribution in [-0.2, 0) is 0 Å². The summed E-state index contributed by atoms with van der Waals surface area (Å²) in [6, 6.07) is 9.92. The summed E-state index contributed by atoms with van der Waals surface area (Å²) in [5, 5.41) is 0. The van der Waals surface area contributed by atoms with Gasteiger partial charge in [-0.2, -0.15) is 0 Å². The summed E-state index contributed by atoms with van der Waals surface area (Å²) in [7, 11) is 0. The zero-order chi connectivity index (χ0) is 9.26. The maximum absolute atomic E-state index is 5.56. The van der Waals surface area contributed by atoms with Crippen molar-refractivity contribution in [1.29, 1.82) is 0 Å². The number of H-pyrrole nitrogens is 1. The molecule has 0 spiro atoms. The van der Waals surface area contributed by atoms with Crippen molar-refractivity contribution >= 4 is 12.2 Å². The molecule has 2 aromatic rings. The minimum atomic E-state index is 0.527. The number of nitrogens with two attached hydrogens (primary N) is 1. The van der Waals surface area contributed by atoms with Crippen LogP contribution in [0.3, 0.4) is 0 Å². The SMILES string of the molecule is Nn1cc(-c2ccccc2)[nH]c1=S. The minimum absolute atomic E-state index is 0.527. The summed E-state index contributed by atoms with van der Waals surface area (Å²) in [6.45, 7) is 0. The molecule has 1 heterocycles. The average molecular weight is 191 g/mol. The quantitative estimate of drug-likeness (QED) is 0.534. The van der Waals surface area contributed by atoms with Crippen LogP contribution in [0, 0.1) is 4.77 Å². The Bertz CT molecular complexity index is 455. The Morgan fingerprint density at radius 3 is 2.46 bits per heavy atom. The monoisotopic (exact) mass is 191 g/mol. The molecule has 1 aromatic carbocycles. The molecule has 0 atom stereocenters. The van der Waals surface area contributed by atoms with Gasteiger partial charge in [-0.05, 0) is 17.8 Å². The highest BCUT2D eigenvalue weighted by atomic mass is 32.1.